The Bertz CT molecular complexity index is 1060. The molecule has 3 rings (SSSR count). The molecule has 10 heteroatoms. The van der Waals surface area contributed by atoms with Crippen LogP contribution in [0, 0.1) is 22.7 Å². The van der Waals surface area contributed by atoms with Crippen molar-refractivity contribution in [3.05, 3.63) is 23.3 Å². The molecule has 3 aliphatic rings. The molecule has 38 heavy (non-hydrogen) atoms. The van der Waals surface area contributed by atoms with Gasteiger partial charge in [-0.15, -0.1) is 0 Å². The van der Waals surface area contributed by atoms with Crippen molar-refractivity contribution in [2.45, 2.75) is 105 Å². The SMILES string of the molecule is C=C1C2[C@H](O)C3C[C@H](OC(C)=O)C(C)=C([C@@H](OC(C)=O)[C@H](OC(C)=O)[C@]2(C)[C@@H](O)C[C@@H]1OC(C)=O)C3(C)C. The van der Waals surface area contributed by atoms with Crippen LogP contribution in [-0.4, -0.2) is 70.7 Å². The summed E-state index contributed by atoms with van der Waals surface area (Å²) in [7, 11) is 0. The van der Waals surface area contributed by atoms with Gasteiger partial charge in [0.1, 0.15) is 12.2 Å². The third-order valence-corrected chi connectivity index (χ3v) is 8.76. The van der Waals surface area contributed by atoms with Crippen LogP contribution in [0.3, 0.4) is 0 Å². The van der Waals surface area contributed by atoms with Gasteiger partial charge in [-0.2, -0.15) is 0 Å². The highest BCUT2D eigenvalue weighted by Crippen LogP contribution is 2.60. The van der Waals surface area contributed by atoms with Crippen molar-refractivity contribution in [3.63, 3.8) is 0 Å². The van der Waals surface area contributed by atoms with Crippen LogP contribution in [0.15, 0.2) is 23.3 Å². The summed E-state index contributed by atoms with van der Waals surface area (Å²) in [6.45, 7) is 16.4. The number of aliphatic hydroxyl groups excluding tert-OH is 2. The minimum Gasteiger partial charge on any atom is -0.458 e. The maximum absolute atomic E-state index is 12.5. The Morgan fingerprint density at radius 2 is 1.32 bits per heavy atom. The van der Waals surface area contributed by atoms with E-state index in [1.54, 1.807) is 13.8 Å². The van der Waals surface area contributed by atoms with E-state index < -0.39 is 83.2 Å². The van der Waals surface area contributed by atoms with E-state index in [2.05, 4.69) is 6.58 Å². The number of esters is 4. The third kappa shape index (κ3) is 5.00. The second-order valence-corrected chi connectivity index (χ2v) is 11.6. The number of rotatable bonds is 4. The van der Waals surface area contributed by atoms with Gasteiger partial charge in [0, 0.05) is 45.4 Å². The number of carbonyl (C=O) groups excluding carboxylic acids is 4. The quantitative estimate of drug-likeness (QED) is 0.312. The summed E-state index contributed by atoms with van der Waals surface area (Å²) in [6, 6.07) is 0. The van der Waals surface area contributed by atoms with Crippen LogP contribution >= 0.6 is 0 Å². The second kappa shape index (κ2) is 10.4. The Morgan fingerprint density at radius 1 is 0.816 bits per heavy atom. The van der Waals surface area contributed by atoms with Gasteiger partial charge >= 0.3 is 23.9 Å². The zero-order valence-electron chi connectivity index (χ0n) is 23.4. The van der Waals surface area contributed by atoms with Crippen LogP contribution in [-0.2, 0) is 38.1 Å². The molecule has 0 saturated heterocycles. The summed E-state index contributed by atoms with van der Waals surface area (Å²) in [6.07, 6.45) is -6.28. The normalized spacial score (nSPS) is 38.2. The number of aliphatic hydroxyl groups is 2. The highest BCUT2D eigenvalue weighted by molar-refractivity contribution is 5.69. The first kappa shape index (κ1) is 29.8. The lowest BCUT2D eigenvalue weighted by Crippen LogP contribution is -2.67. The number of hydrogen-bond donors (Lipinski definition) is 2. The van der Waals surface area contributed by atoms with Gasteiger partial charge < -0.3 is 29.2 Å². The largest absolute Gasteiger partial charge is 0.458 e. The van der Waals surface area contributed by atoms with Gasteiger partial charge in [0.05, 0.1) is 12.2 Å². The van der Waals surface area contributed by atoms with Gasteiger partial charge in [-0.3, -0.25) is 19.2 Å². The van der Waals surface area contributed by atoms with E-state index in [1.807, 2.05) is 13.8 Å². The van der Waals surface area contributed by atoms with Crippen LogP contribution in [0.5, 0.6) is 0 Å². The molecule has 2 N–H and O–H groups in total. The molecule has 10 nitrogen and oxygen atoms in total. The number of fused-ring (bicyclic) bond motifs is 3. The number of ether oxygens (including phenoxy) is 4. The van der Waals surface area contributed by atoms with Crippen LogP contribution in [0.4, 0.5) is 0 Å². The summed E-state index contributed by atoms with van der Waals surface area (Å²) in [5, 5.41) is 23.7. The van der Waals surface area contributed by atoms with E-state index in [1.165, 1.54) is 27.7 Å². The molecule has 0 aliphatic heterocycles. The molecule has 212 valence electrons. The number of carbonyl (C=O) groups is 4. The lowest BCUT2D eigenvalue weighted by molar-refractivity contribution is -0.219. The van der Waals surface area contributed by atoms with E-state index in [0.717, 1.165) is 0 Å². The third-order valence-electron chi connectivity index (χ3n) is 8.76. The lowest BCUT2D eigenvalue weighted by atomic mass is 9.48. The molecule has 0 radical (unpaired) electrons. The Hall–Kier alpha value is -2.72. The van der Waals surface area contributed by atoms with Gasteiger partial charge in [-0.05, 0) is 41.4 Å². The molecule has 2 saturated carbocycles. The van der Waals surface area contributed by atoms with Crippen LogP contribution in [0.25, 0.3) is 0 Å². The summed E-state index contributed by atoms with van der Waals surface area (Å²) in [5.41, 5.74) is -0.692. The predicted octanol–water partition coefficient (Wildman–Crippen LogP) is 2.39. The molecule has 3 aliphatic carbocycles. The molecule has 0 heterocycles. The average molecular weight is 537 g/mol. The summed E-state index contributed by atoms with van der Waals surface area (Å²) < 4.78 is 22.8. The van der Waals surface area contributed by atoms with Gasteiger partial charge in [0.25, 0.3) is 0 Å². The van der Waals surface area contributed by atoms with Crippen molar-refractivity contribution in [3.8, 4) is 0 Å². The fourth-order valence-electron chi connectivity index (χ4n) is 7.15. The summed E-state index contributed by atoms with van der Waals surface area (Å²) in [5.74, 6) is -3.92. The lowest BCUT2D eigenvalue weighted by Gasteiger charge is -2.60. The molecule has 0 aromatic carbocycles. The highest BCUT2D eigenvalue weighted by Gasteiger charge is 2.66. The minimum atomic E-state index is -1.40. The molecule has 2 unspecified atom stereocenters. The highest BCUT2D eigenvalue weighted by atomic mass is 16.6. The van der Waals surface area contributed by atoms with Crippen molar-refractivity contribution in [1.29, 1.82) is 0 Å². The Labute approximate surface area is 223 Å². The van der Waals surface area contributed by atoms with Crippen molar-refractivity contribution >= 4 is 23.9 Å². The van der Waals surface area contributed by atoms with Crippen LogP contribution in [0.1, 0.15) is 68.2 Å². The first-order valence-electron chi connectivity index (χ1n) is 12.9. The molecular formula is C28H40O10. The number of hydrogen-bond acceptors (Lipinski definition) is 10. The predicted molar refractivity (Wildman–Crippen MR) is 134 cm³/mol. The Balaban J connectivity index is 2.38. The zero-order chi connectivity index (χ0) is 28.9. The first-order valence-corrected chi connectivity index (χ1v) is 12.9. The molecule has 2 bridgehead atoms. The molecule has 0 aromatic rings. The molecule has 0 amide bonds. The monoisotopic (exact) mass is 536 g/mol. The van der Waals surface area contributed by atoms with Gasteiger partial charge in [0.15, 0.2) is 12.2 Å². The van der Waals surface area contributed by atoms with Crippen LogP contribution < -0.4 is 0 Å². The minimum absolute atomic E-state index is 0.0507. The van der Waals surface area contributed by atoms with Crippen molar-refractivity contribution in [2.75, 3.05) is 0 Å². The fraction of sp³-hybridized carbons (Fsp3) is 0.714. The molecule has 9 atom stereocenters. The van der Waals surface area contributed by atoms with E-state index in [0.29, 0.717) is 16.7 Å². The Kier molecular flexibility index (Phi) is 8.20. The molecule has 0 aromatic heterocycles. The van der Waals surface area contributed by atoms with E-state index in [4.69, 9.17) is 18.9 Å². The van der Waals surface area contributed by atoms with Crippen molar-refractivity contribution in [2.24, 2.45) is 22.7 Å². The van der Waals surface area contributed by atoms with Gasteiger partial charge in [-0.25, -0.2) is 0 Å². The van der Waals surface area contributed by atoms with Gasteiger partial charge in [-0.1, -0.05) is 27.4 Å². The Morgan fingerprint density at radius 3 is 1.82 bits per heavy atom. The van der Waals surface area contributed by atoms with Crippen molar-refractivity contribution in [1.82, 2.24) is 0 Å². The average Bonchev–Trinajstić information content (AvgIpc) is 2.75. The zero-order valence-corrected chi connectivity index (χ0v) is 23.4. The first-order chi connectivity index (χ1) is 17.4. The maximum atomic E-state index is 12.5. The molecule has 2 fully saturated rings. The standard InChI is InChI=1S/C28H40O10/c1-12-20(36-15(4)30)11-21(33)28(9)22(12)24(34)18-10-19(35-14(3)29)13(2)23(27(18,7)8)25(37-16(5)31)26(28)38-17(6)32/h18-22,24-26,33-34H,1,10-11H2,2-9H3/t18?,19-,20-,21-,22?,24+,25+,26-,28+/m0/s1. The van der Waals surface area contributed by atoms with Crippen molar-refractivity contribution < 1.29 is 48.3 Å². The fourth-order valence-corrected chi connectivity index (χ4v) is 7.15. The summed E-state index contributed by atoms with van der Waals surface area (Å²) in [4.78, 5) is 48.8. The van der Waals surface area contributed by atoms with E-state index in [9.17, 15) is 29.4 Å². The summed E-state index contributed by atoms with van der Waals surface area (Å²) >= 11 is 0. The second-order valence-electron chi connectivity index (χ2n) is 11.6. The maximum Gasteiger partial charge on any atom is 0.303 e. The van der Waals surface area contributed by atoms with E-state index >= 15 is 0 Å². The molecular weight excluding hydrogens is 496 g/mol. The van der Waals surface area contributed by atoms with Gasteiger partial charge in [0.2, 0.25) is 0 Å². The van der Waals surface area contributed by atoms with E-state index in [-0.39, 0.29) is 12.8 Å². The topological polar surface area (TPSA) is 146 Å². The smallest absolute Gasteiger partial charge is 0.303 e. The van der Waals surface area contributed by atoms with Crippen LogP contribution in [0.2, 0.25) is 0 Å². The molecule has 0 spiro atoms.